The van der Waals surface area contributed by atoms with Crippen LogP contribution in [0.4, 0.5) is 4.39 Å². The Bertz CT molecular complexity index is 611. The maximum absolute atomic E-state index is 12.7. The summed E-state index contributed by atoms with van der Waals surface area (Å²) in [5.41, 5.74) is 0. The number of hydrogen-bond acceptors (Lipinski definition) is 5. The first kappa shape index (κ1) is 12.6. The first-order chi connectivity index (χ1) is 8.49. The van der Waals surface area contributed by atoms with Crippen LogP contribution in [-0.2, 0) is 10.0 Å². The third-order valence-corrected chi connectivity index (χ3v) is 3.76. The van der Waals surface area contributed by atoms with Gasteiger partial charge in [-0.25, -0.2) is 17.5 Å². The molecule has 1 heterocycles. The fraction of sp³-hybridized carbons (Fsp3) is 0.222. The van der Waals surface area contributed by atoms with E-state index in [4.69, 9.17) is 0 Å². The molecular weight excluding hydrogens is 261 g/mol. The molecule has 1 aromatic heterocycles. The van der Waals surface area contributed by atoms with Crippen molar-refractivity contribution in [3.8, 4) is 0 Å². The molecule has 96 valence electrons. The second kappa shape index (κ2) is 4.78. The van der Waals surface area contributed by atoms with Crippen LogP contribution in [-0.4, -0.2) is 29.0 Å². The average Bonchev–Trinajstić information content (AvgIpc) is 2.82. The van der Waals surface area contributed by atoms with E-state index in [2.05, 4.69) is 25.3 Å². The second-order valence-electron chi connectivity index (χ2n) is 3.57. The van der Waals surface area contributed by atoms with Crippen molar-refractivity contribution in [1.29, 1.82) is 0 Å². The molecule has 0 saturated heterocycles. The number of tetrazole rings is 1. The van der Waals surface area contributed by atoms with Crippen LogP contribution in [0.2, 0.25) is 0 Å². The van der Waals surface area contributed by atoms with Gasteiger partial charge >= 0.3 is 0 Å². The normalized spacial score (nSPS) is 13.4. The summed E-state index contributed by atoms with van der Waals surface area (Å²) in [6.45, 7) is 1.58. The number of nitrogens with one attached hydrogen (secondary N) is 2. The summed E-state index contributed by atoms with van der Waals surface area (Å²) in [6.07, 6.45) is 0. The first-order valence-corrected chi connectivity index (χ1v) is 6.48. The Morgan fingerprint density at radius 1 is 1.33 bits per heavy atom. The van der Waals surface area contributed by atoms with Crippen molar-refractivity contribution in [2.24, 2.45) is 0 Å². The quantitative estimate of drug-likeness (QED) is 0.837. The predicted molar refractivity (Wildman–Crippen MR) is 59.3 cm³/mol. The third-order valence-electron chi connectivity index (χ3n) is 2.20. The lowest BCUT2D eigenvalue weighted by atomic mass is 10.3. The second-order valence-corrected chi connectivity index (χ2v) is 5.28. The van der Waals surface area contributed by atoms with Gasteiger partial charge in [0.1, 0.15) is 5.82 Å². The number of halogens is 1. The van der Waals surface area contributed by atoms with Crippen LogP contribution in [0.3, 0.4) is 0 Å². The zero-order valence-electron chi connectivity index (χ0n) is 9.33. The number of nitrogens with zero attached hydrogens (tertiary/aromatic N) is 3. The van der Waals surface area contributed by atoms with E-state index in [1.54, 1.807) is 6.92 Å². The zero-order chi connectivity index (χ0) is 13.2. The van der Waals surface area contributed by atoms with Crippen LogP contribution in [0.5, 0.6) is 0 Å². The lowest BCUT2D eigenvalue weighted by Crippen LogP contribution is -2.27. The van der Waals surface area contributed by atoms with E-state index in [9.17, 15) is 12.8 Å². The van der Waals surface area contributed by atoms with E-state index in [0.717, 1.165) is 12.1 Å². The Morgan fingerprint density at radius 3 is 2.56 bits per heavy atom. The van der Waals surface area contributed by atoms with Gasteiger partial charge in [0.15, 0.2) is 5.82 Å². The molecule has 2 rings (SSSR count). The van der Waals surface area contributed by atoms with Gasteiger partial charge in [0.05, 0.1) is 10.9 Å². The molecular formula is C9H10FN5O2S. The summed E-state index contributed by atoms with van der Waals surface area (Å²) < 4.78 is 38.9. The van der Waals surface area contributed by atoms with Gasteiger partial charge in [0.2, 0.25) is 10.0 Å². The van der Waals surface area contributed by atoms with E-state index < -0.39 is 21.9 Å². The standard InChI is InChI=1S/C9H10FN5O2S/c1-6(9-11-14-15-12-9)13-18(16,17)8-4-2-7(10)3-5-8/h2-6,13H,1H3,(H,11,12,14,15). The Hall–Kier alpha value is -1.87. The first-order valence-electron chi connectivity index (χ1n) is 5.00. The Kier molecular flexibility index (Phi) is 3.34. The monoisotopic (exact) mass is 271 g/mol. The van der Waals surface area contributed by atoms with Crippen LogP contribution in [0, 0.1) is 5.82 Å². The van der Waals surface area contributed by atoms with Crippen molar-refractivity contribution in [2.45, 2.75) is 17.9 Å². The smallest absolute Gasteiger partial charge is 0.207 e. The molecule has 7 nitrogen and oxygen atoms in total. The SMILES string of the molecule is CC(NS(=O)(=O)c1ccc(F)cc1)c1nn[nH]n1. The summed E-state index contributed by atoms with van der Waals surface area (Å²) in [4.78, 5) is -0.0285. The maximum Gasteiger partial charge on any atom is 0.241 e. The minimum absolute atomic E-state index is 0.0285. The van der Waals surface area contributed by atoms with Gasteiger partial charge in [-0.3, -0.25) is 0 Å². The van der Waals surface area contributed by atoms with Crippen LogP contribution < -0.4 is 4.72 Å². The Morgan fingerprint density at radius 2 is 2.00 bits per heavy atom. The van der Waals surface area contributed by atoms with Crippen LogP contribution in [0.15, 0.2) is 29.2 Å². The summed E-state index contributed by atoms with van der Waals surface area (Å²) >= 11 is 0. The minimum atomic E-state index is -3.74. The molecule has 1 unspecified atom stereocenters. The molecule has 0 aliphatic rings. The van der Waals surface area contributed by atoms with Gasteiger partial charge in [-0.15, -0.1) is 10.2 Å². The highest BCUT2D eigenvalue weighted by Crippen LogP contribution is 2.13. The molecule has 0 aliphatic heterocycles. The molecule has 18 heavy (non-hydrogen) atoms. The third kappa shape index (κ3) is 2.68. The van der Waals surface area contributed by atoms with Crippen LogP contribution in [0.25, 0.3) is 0 Å². The molecule has 0 bridgehead atoms. The fourth-order valence-electron chi connectivity index (χ4n) is 1.32. The largest absolute Gasteiger partial charge is 0.241 e. The van der Waals surface area contributed by atoms with Crippen molar-refractivity contribution >= 4 is 10.0 Å². The molecule has 2 aromatic rings. The van der Waals surface area contributed by atoms with Crippen molar-refractivity contribution in [1.82, 2.24) is 25.3 Å². The number of benzene rings is 1. The number of hydrogen-bond donors (Lipinski definition) is 2. The molecule has 9 heteroatoms. The molecule has 0 spiro atoms. The maximum atomic E-state index is 12.7. The Balaban J connectivity index is 2.20. The lowest BCUT2D eigenvalue weighted by Gasteiger charge is -2.10. The highest BCUT2D eigenvalue weighted by molar-refractivity contribution is 7.89. The van der Waals surface area contributed by atoms with E-state index in [1.807, 2.05) is 0 Å². The summed E-state index contributed by atoms with van der Waals surface area (Å²) in [7, 11) is -3.74. The Labute approximate surface area is 102 Å². The number of aromatic nitrogens is 4. The van der Waals surface area contributed by atoms with E-state index in [-0.39, 0.29) is 10.7 Å². The number of aromatic amines is 1. The number of rotatable bonds is 4. The number of sulfonamides is 1. The molecule has 1 aromatic carbocycles. The molecule has 2 N–H and O–H groups in total. The fourth-order valence-corrected chi connectivity index (χ4v) is 2.52. The highest BCUT2D eigenvalue weighted by atomic mass is 32.2. The van der Waals surface area contributed by atoms with E-state index in [0.29, 0.717) is 0 Å². The van der Waals surface area contributed by atoms with Crippen LogP contribution >= 0.6 is 0 Å². The van der Waals surface area contributed by atoms with E-state index in [1.165, 1.54) is 12.1 Å². The lowest BCUT2D eigenvalue weighted by molar-refractivity contribution is 0.559. The summed E-state index contributed by atoms with van der Waals surface area (Å²) in [5.74, 6) is -0.277. The van der Waals surface area contributed by atoms with Gasteiger partial charge in [-0.05, 0) is 31.2 Å². The van der Waals surface area contributed by atoms with Gasteiger partial charge in [-0.1, -0.05) is 5.21 Å². The molecule has 0 fully saturated rings. The average molecular weight is 271 g/mol. The van der Waals surface area contributed by atoms with Crippen molar-refractivity contribution < 1.29 is 12.8 Å². The summed E-state index contributed by atoms with van der Waals surface area (Å²) in [6, 6.07) is 3.88. The topological polar surface area (TPSA) is 101 Å². The predicted octanol–water partition coefficient (Wildman–Crippen LogP) is 0.378. The van der Waals surface area contributed by atoms with Crippen molar-refractivity contribution in [3.05, 3.63) is 35.9 Å². The van der Waals surface area contributed by atoms with Gasteiger partial charge < -0.3 is 0 Å². The van der Waals surface area contributed by atoms with Crippen molar-refractivity contribution in [2.75, 3.05) is 0 Å². The van der Waals surface area contributed by atoms with Crippen molar-refractivity contribution in [3.63, 3.8) is 0 Å². The van der Waals surface area contributed by atoms with Gasteiger partial charge in [0.25, 0.3) is 0 Å². The molecule has 0 radical (unpaired) electrons. The van der Waals surface area contributed by atoms with E-state index >= 15 is 0 Å². The minimum Gasteiger partial charge on any atom is -0.207 e. The molecule has 0 saturated carbocycles. The highest BCUT2D eigenvalue weighted by Gasteiger charge is 2.20. The molecule has 1 atom stereocenters. The van der Waals surface area contributed by atoms with Gasteiger partial charge in [-0.2, -0.15) is 5.21 Å². The van der Waals surface area contributed by atoms with Gasteiger partial charge in [0, 0.05) is 0 Å². The molecule has 0 amide bonds. The molecule has 0 aliphatic carbocycles. The zero-order valence-corrected chi connectivity index (χ0v) is 10.1. The van der Waals surface area contributed by atoms with Crippen LogP contribution in [0.1, 0.15) is 18.8 Å². The summed E-state index contributed by atoms with van der Waals surface area (Å²) in [5, 5.41) is 12.9. The number of H-pyrrole nitrogens is 1.